The van der Waals surface area contributed by atoms with Gasteiger partial charge in [0.2, 0.25) is 0 Å². The third-order valence-electron chi connectivity index (χ3n) is 2.96. The molecule has 2 aromatic heterocycles. The number of nitrogens with one attached hydrogen (secondary N) is 1. The predicted octanol–water partition coefficient (Wildman–Crippen LogP) is 1.68. The number of carboxylic acids is 1. The van der Waals surface area contributed by atoms with Crippen molar-refractivity contribution < 1.29 is 14.7 Å². The van der Waals surface area contributed by atoms with Gasteiger partial charge in [0.1, 0.15) is 6.33 Å². The van der Waals surface area contributed by atoms with Crippen LogP contribution in [0.5, 0.6) is 0 Å². The molecule has 3 aromatic rings. The number of carbonyl (C=O) groups excluding carboxylic acids is 1. The number of rotatable bonds is 3. The summed E-state index contributed by atoms with van der Waals surface area (Å²) in [6, 6.07) is 9.28. The Bertz CT molecular complexity index is 824. The molecule has 0 unspecified atom stereocenters. The van der Waals surface area contributed by atoms with Crippen LogP contribution in [-0.2, 0) is 0 Å². The number of aromatic nitrogens is 3. The highest BCUT2D eigenvalue weighted by Crippen LogP contribution is 2.13. The summed E-state index contributed by atoms with van der Waals surface area (Å²) in [4.78, 5) is 23.0. The van der Waals surface area contributed by atoms with Crippen LogP contribution >= 0.6 is 0 Å². The maximum atomic E-state index is 12.2. The number of fused-ring (bicyclic) bond motifs is 1. The number of benzene rings is 1. The summed E-state index contributed by atoms with van der Waals surface area (Å²) in [5, 5.41) is 19.2. The van der Waals surface area contributed by atoms with Crippen molar-refractivity contribution in [2.75, 3.05) is 5.32 Å². The molecule has 0 saturated heterocycles. The Kier molecular flexibility index (Phi) is 3.07. The molecule has 0 aliphatic carbocycles. The Labute approximate surface area is 118 Å². The SMILES string of the molecule is O=C(O)c1ccc(NC(=O)c2cccn3cnnc23)cc1. The van der Waals surface area contributed by atoms with Gasteiger partial charge in [-0.3, -0.25) is 9.20 Å². The molecule has 1 amide bonds. The number of hydrogen-bond donors (Lipinski definition) is 2. The standard InChI is InChI=1S/C14H10N4O3/c19-13(11-2-1-7-18-8-15-17-12(11)18)16-10-5-3-9(4-6-10)14(20)21/h1-8H,(H,16,19)(H,20,21). The van der Waals surface area contributed by atoms with Gasteiger partial charge in [0.05, 0.1) is 11.1 Å². The predicted molar refractivity (Wildman–Crippen MR) is 74.3 cm³/mol. The van der Waals surface area contributed by atoms with E-state index in [1.54, 1.807) is 22.7 Å². The Balaban J connectivity index is 1.86. The first-order valence-electron chi connectivity index (χ1n) is 6.08. The molecule has 1 aromatic carbocycles. The second-order valence-electron chi connectivity index (χ2n) is 4.32. The highest BCUT2D eigenvalue weighted by Gasteiger charge is 2.12. The summed E-state index contributed by atoms with van der Waals surface area (Å²) in [5.74, 6) is -1.35. The lowest BCUT2D eigenvalue weighted by Crippen LogP contribution is -2.13. The Morgan fingerprint density at radius 2 is 1.90 bits per heavy atom. The lowest BCUT2D eigenvalue weighted by molar-refractivity contribution is 0.0696. The lowest BCUT2D eigenvalue weighted by Gasteiger charge is -2.06. The summed E-state index contributed by atoms with van der Waals surface area (Å²) in [7, 11) is 0. The summed E-state index contributed by atoms with van der Waals surface area (Å²) >= 11 is 0. The van der Waals surface area contributed by atoms with Gasteiger partial charge in [-0.15, -0.1) is 10.2 Å². The molecule has 0 bridgehead atoms. The largest absolute Gasteiger partial charge is 0.478 e. The van der Waals surface area contributed by atoms with Gasteiger partial charge in [-0.25, -0.2) is 4.79 Å². The number of pyridine rings is 1. The van der Waals surface area contributed by atoms with E-state index in [9.17, 15) is 9.59 Å². The van der Waals surface area contributed by atoms with Crippen molar-refractivity contribution in [3.63, 3.8) is 0 Å². The van der Waals surface area contributed by atoms with Crippen LogP contribution in [0.3, 0.4) is 0 Å². The molecule has 0 atom stereocenters. The van der Waals surface area contributed by atoms with Gasteiger partial charge < -0.3 is 10.4 Å². The van der Waals surface area contributed by atoms with Crippen LogP contribution in [0, 0.1) is 0 Å². The maximum Gasteiger partial charge on any atom is 0.335 e. The van der Waals surface area contributed by atoms with E-state index in [0.717, 1.165) is 0 Å². The molecule has 0 aliphatic rings. The van der Waals surface area contributed by atoms with E-state index in [0.29, 0.717) is 16.9 Å². The van der Waals surface area contributed by atoms with E-state index in [4.69, 9.17) is 5.11 Å². The summed E-state index contributed by atoms with van der Waals surface area (Å²) in [6.07, 6.45) is 3.25. The average molecular weight is 282 g/mol. The normalized spacial score (nSPS) is 10.5. The van der Waals surface area contributed by atoms with Gasteiger partial charge in [-0.2, -0.15) is 0 Å². The first-order valence-corrected chi connectivity index (χ1v) is 6.08. The fraction of sp³-hybridized carbons (Fsp3) is 0. The molecule has 0 saturated carbocycles. The number of nitrogens with zero attached hydrogens (tertiary/aromatic N) is 3. The van der Waals surface area contributed by atoms with Gasteiger partial charge in [0.25, 0.3) is 5.91 Å². The van der Waals surface area contributed by atoms with E-state index < -0.39 is 5.97 Å². The van der Waals surface area contributed by atoms with E-state index >= 15 is 0 Å². The number of aromatic carboxylic acids is 1. The first kappa shape index (κ1) is 12.8. The fourth-order valence-electron chi connectivity index (χ4n) is 1.92. The molecule has 0 radical (unpaired) electrons. The molecule has 0 aliphatic heterocycles. The molecular formula is C14H10N4O3. The zero-order valence-corrected chi connectivity index (χ0v) is 10.7. The van der Waals surface area contributed by atoms with Crippen molar-refractivity contribution in [3.05, 3.63) is 60.0 Å². The van der Waals surface area contributed by atoms with Gasteiger partial charge in [-0.1, -0.05) is 0 Å². The van der Waals surface area contributed by atoms with Crippen LogP contribution in [0.25, 0.3) is 5.65 Å². The quantitative estimate of drug-likeness (QED) is 0.761. The van der Waals surface area contributed by atoms with E-state index in [-0.39, 0.29) is 11.5 Å². The van der Waals surface area contributed by atoms with Crippen LogP contribution in [0.4, 0.5) is 5.69 Å². The lowest BCUT2D eigenvalue weighted by atomic mass is 10.2. The second kappa shape index (κ2) is 5.04. The third kappa shape index (κ3) is 2.44. The summed E-state index contributed by atoms with van der Waals surface area (Å²) in [5.41, 5.74) is 1.51. The molecule has 104 valence electrons. The van der Waals surface area contributed by atoms with Gasteiger partial charge in [-0.05, 0) is 36.4 Å². The minimum atomic E-state index is -1.01. The van der Waals surface area contributed by atoms with Crippen LogP contribution in [0.15, 0.2) is 48.9 Å². The molecule has 3 rings (SSSR count). The van der Waals surface area contributed by atoms with Crippen molar-refractivity contribution in [1.82, 2.24) is 14.6 Å². The molecule has 7 heteroatoms. The maximum absolute atomic E-state index is 12.2. The Hall–Kier alpha value is -3.22. The molecule has 7 nitrogen and oxygen atoms in total. The molecule has 0 spiro atoms. The number of amides is 1. The van der Waals surface area contributed by atoms with Crippen molar-refractivity contribution in [2.24, 2.45) is 0 Å². The number of hydrogen-bond acceptors (Lipinski definition) is 4. The monoisotopic (exact) mass is 282 g/mol. The Morgan fingerprint density at radius 1 is 1.14 bits per heavy atom. The second-order valence-corrected chi connectivity index (χ2v) is 4.32. The number of carbonyl (C=O) groups is 2. The van der Waals surface area contributed by atoms with E-state index in [1.807, 2.05) is 0 Å². The van der Waals surface area contributed by atoms with Crippen molar-refractivity contribution in [2.45, 2.75) is 0 Å². The number of anilines is 1. The van der Waals surface area contributed by atoms with Crippen LogP contribution in [0.1, 0.15) is 20.7 Å². The van der Waals surface area contributed by atoms with Crippen LogP contribution < -0.4 is 5.32 Å². The van der Waals surface area contributed by atoms with E-state index in [2.05, 4.69) is 15.5 Å². The molecule has 2 heterocycles. The van der Waals surface area contributed by atoms with Crippen molar-refractivity contribution in [1.29, 1.82) is 0 Å². The molecule has 2 N–H and O–H groups in total. The molecular weight excluding hydrogens is 272 g/mol. The average Bonchev–Trinajstić information content (AvgIpc) is 2.96. The number of carboxylic acid groups (broad SMARTS) is 1. The van der Waals surface area contributed by atoms with E-state index in [1.165, 1.54) is 30.6 Å². The highest BCUT2D eigenvalue weighted by molar-refractivity contribution is 6.08. The summed E-state index contributed by atoms with van der Waals surface area (Å²) in [6.45, 7) is 0. The van der Waals surface area contributed by atoms with Crippen molar-refractivity contribution >= 4 is 23.2 Å². The minimum absolute atomic E-state index is 0.160. The molecule has 0 fully saturated rings. The van der Waals surface area contributed by atoms with Crippen LogP contribution in [-0.4, -0.2) is 31.6 Å². The first-order chi connectivity index (χ1) is 10.1. The summed E-state index contributed by atoms with van der Waals surface area (Å²) < 4.78 is 1.64. The zero-order chi connectivity index (χ0) is 14.8. The molecule has 21 heavy (non-hydrogen) atoms. The van der Waals surface area contributed by atoms with Crippen LogP contribution in [0.2, 0.25) is 0 Å². The van der Waals surface area contributed by atoms with Gasteiger partial charge in [0, 0.05) is 11.9 Å². The Morgan fingerprint density at radius 3 is 2.62 bits per heavy atom. The fourth-order valence-corrected chi connectivity index (χ4v) is 1.92. The van der Waals surface area contributed by atoms with Gasteiger partial charge >= 0.3 is 5.97 Å². The smallest absolute Gasteiger partial charge is 0.335 e. The minimum Gasteiger partial charge on any atom is -0.478 e. The highest BCUT2D eigenvalue weighted by atomic mass is 16.4. The van der Waals surface area contributed by atoms with Crippen molar-refractivity contribution in [3.8, 4) is 0 Å². The van der Waals surface area contributed by atoms with Gasteiger partial charge in [0.15, 0.2) is 5.65 Å². The third-order valence-corrected chi connectivity index (χ3v) is 2.96. The zero-order valence-electron chi connectivity index (χ0n) is 10.7. The topological polar surface area (TPSA) is 96.6 Å².